The van der Waals surface area contributed by atoms with Gasteiger partial charge in [0.25, 0.3) is 0 Å². The van der Waals surface area contributed by atoms with E-state index < -0.39 is 40.9 Å². The van der Waals surface area contributed by atoms with Gasteiger partial charge in [-0.05, 0) is 65.9 Å². The zero-order valence-electron chi connectivity index (χ0n) is 16.6. The molecule has 2 amide bonds. The standard InChI is InChI=1S/C19H27F2N3O3/c1-11(22(5)6)12-9-13(20)16(14(21)10-12)23-8-7-15(17(23)25)24(18(26)27)19(2,3)4/h9-11,15H,7-8H2,1-6H3,(H,26,27)/t11-,15+/m1/s1. The second kappa shape index (κ2) is 7.42. The SMILES string of the molecule is C[C@H](c1cc(F)c(N2CC[C@H](N(C(=O)O)C(C)(C)C)C2=O)c(F)c1)N(C)C. The molecule has 0 radical (unpaired) electrons. The summed E-state index contributed by atoms with van der Waals surface area (Å²) in [5, 5.41) is 9.50. The monoisotopic (exact) mass is 383 g/mol. The summed E-state index contributed by atoms with van der Waals surface area (Å²) in [6.07, 6.45) is -1.06. The number of nitrogens with zero attached hydrogens (tertiary/aromatic N) is 3. The molecule has 6 nitrogen and oxygen atoms in total. The van der Waals surface area contributed by atoms with Gasteiger partial charge >= 0.3 is 6.09 Å². The van der Waals surface area contributed by atoms with Gasteiger partial charge in [-0.2, -0.15) is 0 Å². The lowest BCUT2D eigenvalue weighted by Crippen LogP contribution is -2.54. The highest BCUT2D eigenvalue weighted by Gasteiger charge is 2.44. The van der Waals surface area contributed by atoms with Crippen LogP contribution in [0.15, 0.2) is 12.1 Å². The van der Waals surface area contributed by atoms with E-state index in [2.05, 4.69) is 0 Å². The van der Waals surface area contributed by atoms with Crippen molar-refractivity contribution in [2.45, 2.75) is 51.7 Å². The number of carbonyl (C=O) groups excluding carboxylic acids is 1. The third-order valence-electron chi connectivity index (χ3n) is 4.98. The molecule has 1 heterocycles. The Morgan fingerprint density at radius 1 is 1.26 bits per heavy atom. The maximum Gasteiger partial charge on any atom is 0.408 e. The number of anilines is 1. The number of rotatable bonds is 4. The van der Waals surface area contributed by atoms with Crippen LogP contribution < -0.4 is 4.90 Å². The molecule has 1 aliphatic rings. The number of carboxylic acid groups (broad SMARTS) is 1. The van der Waals surface area contributed by atoms with Crippen molar-refractivity contribution in [1.29, 1.82) is 0 Å². The number of hydrogen-bond acceptors (Lipinski definition) is 3. The quantitative estimate of drug-likeness (QED) is 0.865. The molecule has 2 atom stereocenters. The molecule has 150 valence electrons. The summed E-state index contributed by atoms with van der Waals surface area (Å²) in [7, 11) is 3.60. The van der Waals surface area contributed by atoms with Crippen LogP contribution in [-0.2, 0) is 4.79 Å². The highest BCUT2D eigenvalue weighted by molar-refractivity contribution is 6.01. The van der Waals surface area contributed by atoms with Crippen molar-refractivity contribution in [2.75, 3.05) is 25.5 Å². The molecular formula is C19H27F2N3O3. The van der Waals surface area contributed by atoms with Crippen LogP contribution in [0.3, 0.4) is 0 Å². The van der Waals surface area contributed by atoms with E-state index in [0.717, 1.165) is 9.80 Å². The second-order valence-corrected chi connectivity index (χ2v) is 8.09. The maximum atomic E-state index is 14.7. The van der Waals surface area contributed by atoms with Crippen molar-refractivity contribution in [3.63, 3.8) is 0 Å². The fourth-order valence-corrected chi connectivity index (χ4v) is 3.40. The first-order valence-corrected chi connectivity index (χ1v) is 8.85. The normalized spacial score (nSPS) is 18.9. The van der Waals surface area contributed by atoms with Crippen molar-refractivity contribution in [3.8, 4) is 0 Å². The van der Waals surface area contributed by atoms with E-state index in [9.17, 15) is 23.5 Å². The van der Waals surface area contributed by atoms with Crippen LogP contribution in [0.25, 0.3) is 0 Å². The Hall–Kier alpha value is -2.22. The minimum atomic E-state index is -1.24. The molecule has 0 spiro atoms. The molecule has 1 saturated heterocycles. The van der Waals surface area contributed by atoms with Crippen LogP contribution >= 0.6 is 0 Å². The first kappa shape index (κ1) is 21.1. The van der Waals surface area contributed by atoms with E-state index in [1.165, 1.54) is 12.1 Å². The van der Waals surface area contributed by atoms with Crippen molar-refractivity contribution >= 4 is 17.7 Å². The topological polar surface area (TPSA) is 64.1 Å². The molecule has 0 unspecified atom stereocenters. The second-order valence-electron chi connectivity index (χ2n) is 8.09. The molecule has 0 aromatic heterocycles. The van der Waals surface area contributed by atoms with Crippen molar-refractivity contribution in [1.82, 2.24) is 9.80 Å². The van der Waals surface area contributed by atoms with Gasteiger partial charge < -0.3 is 14.9 Å². The van der Waals surface area contributed by atoms with Crippen LogP contribution in [0.5, 0.6) is 0 Å². The number of hydrogen-bond donors (Lipinski definition) is 1. The van der Waals surface area contributed by atoms with Crippen LogP contribution in [0, 0.1) is 11.6 Å². The van der Waals surface area contributed by atoms with E-state index in [0.29, 0.717) is 5.56 Å². The fourth-order valence-electron chi connectivity index (χ4n) is 3.40. The van der Waals surface area contributed by atoms with Crippen LogP contribution in [0.2, 0.25) is 0 Å². The summed E-state index contributed by atoms with van der Waals surface area (Å²) in [6.45, 7) is 6.90. The summed E-state index contributed by atoms with van der Waals surface area (Å²) < 4.78 is 29.4. The minimum Gasteiger partial charge on any atom is -0.465 e. The number of benzene rings is 1. The largest absolute Gasteiger partial charge is 0.465 e. The molecule has 1 N–H and O–H groups in total. The molecule has 0 aliphatic carbocycles. The molecule has 8 heteroatoms. The Morgan fingerprint density at radius 3 is 2.19 bits per heavy atom. The minimum absolute atomic E-state index is 0.0553. The summed E-state index contributed by atoms with van der Waals surface area (Å²) in [4.78, 5) is 28.3. The van der Waals surface area contributed by atoms with Crippen molar-refractivity contribution in [3.05, 3.63) is 29.3 Å². The van der Waals surface area contributed by atoms with Gasteiger partial charge in [-0.3, -0.25) is 9.69 Å². The summed E-state index contributed by atoms with van der Waals surface area (Å²) in [5.74, 6) is -2.27. The predicted octanol–water partition coefficient (Wildman–Crippen LogP) is 3.47. The van der Waals surface area contributed by atoms with Gasteiger partial charge in [-0.15, -0.1) is 0 Å². The smallest absolute Gasteiger partial charge is 0.408 e. The fraction of sp³-hybridized carbons (Fsp3) is 0.579. The number of carbonyl (C=O) groups is 2. The molecule has 1 aliphatic heterocycles. The Labute approximate surface area is 158 Å². The third kappa shape index (κ3) is 4.05. The lowest BCUT2D eigenvalue weighted by atomic mass is 10.0. The molecule has 0 saturated carbocycles. The Bertz CT molecular complexity index is 723. The van der Waals surface area contributed by atoms with Crippen LogP contribution in [0.4, 0.5) is 19.3 Å². The molecule has 1 aromatic rings. The van der Waals surface area contributed by atoms with Gasteiger partial charge in [0.1, 0.15) is 23.4 Å². The van der Waals surface area contributed by atoms with E-state index >= 15 is 0 Å². The molecule has 1 aromatic carbocycles. The van der Waals surface area contributed by atoms with Crippen molar-refractivity contribution in [2.24, 2.45) is 0 Å². The first-order valence-electron chi connectivity index (χ1n) is 8.85. The van der Waals surface area contributed by atoms with Crippen molar-refractivity contribution < 1.29 is 23.5 Å². The lowest BCUT2D eigenvalue weighted by molar-refractivity contribution is -0.122. The Kier molecular flexibility index (Phi) is 5.79. The van der Waals surface area contributed by atoms with E-state index in [1.807, 2.05) is 11.8 Å². The number of halogens is 2. The van der Waals surface area contributed by atoms with Crippen LogP contribution in [-0.4, -0.2) is 59.1 Å². The average molecular weight is 383 g/mol. The Balaban J connectivity index is 2.38. The van der Waals surface area contributed by atoms with Gasteiger partial charge in [0.05, 0.1) is 0 Å². The van der Waals surface area contributed by atoms with Gasteiger partial charge in [0.15, 0.2) is 0 Å². The molecule has 2 rings (SSSR count). The van der Waals surface area contributed by atoms with E-state index in [4.69, 9.17) is 0 Å². The maximum absolute atomic E-state index is 14.7. The Morgan fingerprint density at radius 2 is 1.78 bits per heavy atom. The zero-order valence-corrected chi connectivity index (χ0v) is 16.6. The highest BCUT2D eigenvalue weighted by atomic mass is 19.1. The third-order valence-corrected chi connectivity index (χ3v) is 4.98. The highest BCUT2D eigenvalue weighted by Crippen LogP contribution is 2.34. The van der Waals surface area contributed by atoms with Crippen LogP contribution in [0.1, 0.15) is 45.7 Å². The van der Waals surface area contributed by atoms with Gasteiger partial charge in [-0.1, -0.05) is 0 Å². The summed E-state index contributed by atoms with van der Waals surface area (Å²) in [6, 6.07) is 1.28. The van der Waals surface area contributed by atoms with Gasteiger partial charge in [-0.25, -0.2) is 13.6 Å². The molecule has 27 heavy (non-hydrogen) atoms. The summed E-state index contributed by atoms with van der Waals surface area (Å²) >= 11 is 0. The molecule has 0 bridgehead atoms. The lowest BCUT2D eigenvalue weighted by Gasteiger charge is -2.36. The predicted molar refractivity (Wildman–Crippen MR) is 98.8 cm³/mol. The number of amides is 2. The molecular weight excluding hydrogens is 356 g/mol. The average Bonchev–Trinajstić information content (AvgIpc) is 2.86. The molecule has 1 fully saturated rings. The van der Waals surface area contributed by atoms with E-state index in [-0.39, 0.29) is 19.0 Å². The van der Waals surface area contributed by atoms with E-state index in [1.54, 1.807) is 34.9 Å². The zero-order chi connectivity index (χ0) is 20.7. The summed E-state index contributed by atoms with van der Waals surface area (Å²) in [5.41, 5.74) is -0.773. The first-order chi connectivity index (χ1) is 12.4. The van der Waals surface area contributed by atoms with Gasteiger partial charge in [0.2, 0.25) is 5.91 Å². The van der Waals surface area contributed by atoms with Gasteiger partial charge in [0, 0.05) is 18.1 Å².